The van der Waals surface area contributed by atoms with Gasteiger partial charge < -0.3 is 20.5 Å². The van der Waals surface area contributed by atoms with Crippen LogP contribution in [-0.2, 0) is 11.3 Å². The van der Waals surface area contributed by atoms with Crippen LogP contribution in [-0.4, -0.2) is 30.1 Å². The minimum atomic E-state index is -0.370. The van der Waals surface area contributed by atoms with Crippen LogP contribution >= 0.6 is 0 Å². The van der Waals surface area contributed by atoms with Gasteiger partial charge in [-0.3, -0.25) is 9.59 Å². The molecule has 2 rings (SSSR count). The van der Waals surface area contributed by atoms with Gasteiger partial charge in [0.05, 0.1) is 6.04 Å². The molecule has 0 fully saturated rings. The van der Waals surface area contributed by atoms with Gasteiger partial charge in [0, 0.05) is 25.2 Å². The highest BCUT2D eigenvalue weighted by Gasteiger charge is 2.17. The fraction of sp³-hybridized carbons (Fsp3) is 0.353. The maximum Gasteiger partial charge on any atom is 0.251 e. The average molecular weight is 330 g/mol. The molecule has 0 saturated heterocycles. The van der Waals surface area contributed by atoms with Gasteiger partial charge in [-0.05, 0) is 31.0 Å². The normalized spacial score (nSPS) is 11.8. The van der Waals surface area contributed by atoms with Crippen LogP contribution in [0.4, 0.5) is 5.82 Å². The summed E-state index contributed by atoms with van der Waals surface area (Å²) in [5.41, 5.74) is 1.52. The lowest BCUT2D eigenvalue weighted by molar-refractivity contribution is -0.118. The van der Waals surface area contributed by atoms with E-state index in [0.29, 0.717) is 30.1 Å². The molecule has 1 aromatic carbocycles. The van der Waals surface area contributed by atoms with Crippen LogP contribution in [0, 0.1) is 6.92 Å². The molecule has 0 saturated carbocycles. The average Bonchev–Trinajstić information content (AvgIpc) is 2.99. The molecule has 0 unspecified atom stereocenters. The van der Waals surface area contributed by atoms with Gasteiger partial charge in [0.2, 0.25) is 5.91 Å². The molecule has 0 aliphatic heterocycles. The summed E-state index contributed by atoms with van der Waals surface area (Å²) in [5, 5.41) is 12.3. The SMILES string of the molecule is CC[C@H](NCc1cccc(C(=O)NC)c1)C(=O)Nc1cc(C)on1. The first-order valence-electron chi connectivity index (χ1n) is 7.82. The number of nitrogens with zero attached hydrogens (tertiary/aromatic N) is 1. The van der Waals surface area contributed by atoms with Crippen molar-refractivity contribution in [2.45, 2.75) is 32.9 Å². The van der Waals surface area contributed by atoms with E-state index >= 15 is 0 Å². The topological polar surface area (TPSA) is 96.3 Å². The summed E-state index contributed by atoms with van der Waals surface area (Å²) < 4.78 is 4.93. The first-order valence-corrected chi connectivity index (χ1v) is 7.82. The molecule has 128 valence electrons. The van der Waals surface area contributed by atoms with E-state index < -0.39 is 0 Å². The van der Waals surface area contributed by atoms with Crippen LogP contribution in [0.1, 0.15) is 35.0 Å². The van der Waals surface area contributed by atoms with Gasteiger partial charge in [0.1, 0.15) is 5.76 Å². The number of benzene rings is 1. The number of hydrogen-bond acceptors (Lipinski definition) is 5. The van der Waals surface area contributed by atoms with Crippen LogP contribution in [0.3, 0.4) is 0 Å². The fourth-order valence-corrected chi connectivity index (χ4v) is 2.27. The predicted molar refractivity (Wildman–Crippen MR) is 90.6 cm³/mol. The maximum absolute atomic E-state index is 12.3. The Labute approximate surface area is 140 Å². The minimum Gasteiger partial charge on any atom is -0.360 e. The van der Waals surface area contributed by atoms with Crippen molar-refractivity contribution < 1.29 is 14.1 Å². The number of aromatic nitrogens is 1. The van der Waals surface area contributed by atoms with Crippen molar-refractivity contribution in [1.82, 2.24) is 15.8 Å². The number of nitrogens with one attached hydrogen (secondary N) is 3. The van der Waals surface area contributed by atoms with E-state index in [-0.39, 0.29) is 17.9 Å². The first-order chi connectivity index (χ1) is 11.5. The molecule has 24 heavy (non-hydrogen) atoms. The third-order valence-electron chi connectivity index (χ3n) is 3.57. The summed E-state index contributed by atoms with van der Waals surface area (Å²) in [7, 11) is 1.59. The van der Waals surface area contributed by atoms with E-state index in [0.717, 1.165) is 5.56 Å². The van der Waals surface area contributed by atoms with Crippen molar-refractivity contribution in [1.29, 1.82) is 0 Å². The van der Waals surface area contributed by atoms with Crippen LogP contribution < -0.4 is 16.0 Å². The standard InChI is InChI=1S/C17H22N4O3/c1-4-14(17(23)20-15-8-11(2)24-21-15)19-10-12-6-5-7-13(9-12)16(22)18-3/h5-9,14,19H,4,10H2,1-3H3,(H,18,22)(H,20,21,23)/t14-/m0/s1. The molecular formula is C17H22N4O3. The lowest BCUT2D eigenvalue weighted by Gasteiger charge is -2.16. The molecule has 7 nitrogen and oxygen atoms in total. The molecular weight excluding hydrogens is 308 g/mol. The van der Waals surface area contributed by atoms with E-state index in [1.165, 1.54) is 0 Å². The second-order valence-electron chi connectivity index (χ2n) is 5.43. The third-order valence-corrected chi connectivity index (χ3v) is 3.57. The number of anilines is 1. The number of carbonyl (C=O) groups is 2. The van der Waals surface area contributed by atoms with Gasteiger partial charge in [-0.15, -0.1) is 0 Å². The summed E-state index contributed by atoms with van der Waals surface area (Å²) in [6.07, 6.45) is 0.623. The maximum atomic E-state index is 12.3. The summed E-state index contributed by atoms with van der Waals surface area (Å²) in [4.78, 5) is 23.9. The quantitative estimate of drug-likeness (QED) is 0.720. The lowest BCUT2D eigenvalue weighted by Crippen LogP contribution is -2.39. The second-order valence-corrected chi connectivity index (χ2v) is 5.43. The largest absolute Gasteiger partial charge is 0.360 e. The van der Waals surface area contributed by atoms with E-state index in [1.807, 2.05) is 19.1 Å². The van der Waals surface area contributed by atoms with Crippen molar-refractivity contribution in [3.8, 4) is 0 Å². The van der Waals surface area contributed by atoms with E-state index in [2.05, 4.69) is 21.1 Å². The summed E-state index contributed by atoms with van der Waals surface area (Å²) in [6.45, 7) is 4.17. The Morgan fingerprint density at radius 2 is 2.08 bits per heavy atom. The molecule has 2 aromatic rings. The number of amides is 2. The van der Waals surface area contributed by atoms with Crippen LogP contribution in [0.5, 0.6) is 0 Å². The van der Waals surface area contributed by atoms with E-state index in [4.69, 9.17) is 4.52 Å². The van der Waals surface area contributed by atoms with Crippen molar-refractivity contribution >= 4 is 17.6 Å². The highest BCUT2D eigenvalue weighted by molar-refractivity contribution is 5.94. The first kappa shape index (κ1) is 17.7. The molecule has 1 atom stereocenters. The van der Waals surface area contributed by atoms with Gasteiger partial charge in [-0.25, -0.2) is 0 Å². The van der Waals surface area contributed by atoms with Gasteiger partial charge in [-0.1, -0.05) is 24.2 Å². The predicted octanol–water partition coefficient (Wildman–Crippen LogP) is 1.85. The monoisotopic (exact) mass is 330 g/mol. The zero-order valence-corrected chi connectivity index (χ0v) is 14.1. The molecule has 0 aliphatic carbocycles. The Morgan fingerprint density at radius 3 is 2.71 bits per heavy atom. The van der Waals surface area contributed by atoms with Crippen molar-refractivity contribution in [2.24, 2.45) is 0 Å². The minimum absolute atomic E-state index is 0.136. The molecule has 0 radical (unpaired) electrons. The fourth-order valence-electron chi connectivity index (χ4n) is 2.27. The summed E-state index contributed by atoms with van der Waals surface area (Å²) in [5.74, 6) is 0.730. The smallest absolute Gasteiger partial charge is 0.251 e. The van der Waals surface area contributed by atoms with Crippen molar-refractivity contribution in [3.05, 3.63) is 47.2 Å². The molecule has 1 heterocycles. The second kappa shape index (κ2) is 8.26. The van der Waals surface area contributed by atoms with Gasteiger partial charge >= 0.3 is 0 Å². The van der Waals surface area contributed by atoms with Gasteiger partial charge in [0.25, 0.3) is 5.91 Å². The van der Waals surface area contributed by atoms with Crippen LogP contribution in [0.25, 0.3) is 0 Å². The number of carbonyl (C=O) groups excluding carboxylic acids is 2. The summed E-state index contributed by atoms with van der Waals surface area (Å²) in [6, 6.07) is 8.57. The Kier molecular flexibility index (Phi) is 6.08. The van der Waals surface area contributed by atoms with Gasteiger partial charge in [0.15, 0.2) is 5.82 Å². The number of rotatable bonds is 7. The molecule has 7 heteroatoms. The molecule has 0 aliphatic rings. The summed E-state index contributed by atoms with van der Waals surface area (Å²) >= 11 is 0. The zero-order chi connectivity index (χ0) is 17.5. The van der Waals surface area contributed by atoms with Gasteiger partial charge in [-0.2, -0.15) is 0 Å². The Morgan fingerprint density at radius 1 is 1.29 bits per heavy atom. The Balaban J connectivity index is 1.95. The van der Waals surface area contributed by atoms with Crippen LogP contribution in [0.15, 0.2) is 34.9 Å². The molecule has 2 amide bonds. The number of aryl methyl sites for hydroxylation is 1. The lowest BCUT2D eigenvalue weighted by atomic mass is 10.1. The van der Waals surface area contributed by atoms with E-state index in [1.54, 1.807) is 32.2 Å². The third kappa shape index (κ3) is 4.66. The molecule has 3 N–H and O–H groups in total. The molecule has 0 spiro atoms. The van der Waals surface area contributed by atoms with Crippen LogP contribution in [0.2, 0.25) is 0 Å². The molecule has 1 aromatic heterocycles. The van der Waals surface area contributed by atoms with Crippen molar-refractivity contribution in [3.63, 3.8) is 0 Å². The number of hydrogen-bond donors (Lipinski definition) is 3. The zero-order valence-electron chi connectivity index (χ0n) is 14.1. The Bertz CT molecular complexity index is 711. The highest BCUT2D eigenvalue weighted by atomic mass is 16.5. The highest BCUT2D eigenvalue weighted by Crippen LogP contribution is 2.09. The Hall–Kier alpha value is -2.67. The van der Waals surface area contributed by atoms with Crippen molar-refractivity contribution in [2.75, 3.05) is 12.4 Å². The van der Waals surface area contributed by atoms with E-state index in [9.17, 15) is 9.59 Å². The molecule has 0 bridgehead atoms.